The van der Waals surface area contributed by atoms with Crippen LogP contribution in [0.4, 0.5) is 26.3 Å². The van der Waals surface area contributed by atoms with E-state index in [4.69, 9.17) is 0 Å². The third-order valence-corrected chi connectivity index (χ3v) is 1.01. The molecule has 14 heavy (non-hydrogen) atoms. The zero-order chi connectivity index (χ0) is 10.3. The van der Waals surface area contributed by atoms with E-state index in [2.05, 4.69) is 10.1 Å². The molecule has 0 aromatic carbocycles. The molecule has 0 aliphatic carbocycles. The Balaban J connectivity index is 0.00000169. The average molecular weight is 228 g/mol. The molecule has 0 atom stereocenters. The van der Waals surface area contributed by atoms with E-state index in [9.17, 15) is 26.3 Å². The number of nitrogens with zero attached hydrogens (tertiary/aromatic N) is 2. The Morgan fingerprint density at radius 1 is 0.929 bits per heavy atom. The smallest absolute Gasteiger partial charge is 0.255 e. The number of halogens is 6. The summed E-state index contributed by atoms with van der Waals surface area (Å²) in [5.41, 5.74) is 0. The van der Waals surface area contributed by atoms with Crippen LogP contribution in [0.25, 0.3) is 0 Å². The first-order valence-electron chi connectivity index (χ1n) is 2.78. The van der Waals surface area contributed by atoms with Crippen LogP contribution in [0.1, 0.15) is 11.6 Å². The third-order valence-electron chi connectivity index (χ3n) is 1.01. The van der Waals surface area contributed by atoms with Crippen molar-refractivity contribution in [2.24, 2.45) is 0 Å². The number of aromatic amines is 1. The van der Waals surface area contributed by atoms with Crippen LogP contribution in [0.2, 0.25) is 0 Å². The SMILES string of the molecule is FC(F)(F)c1n[nH]c(C(F)(F)F)n1.[Na]. The zero-order valence-electron chi connectivity index (χ0n) is 6.66. The summed E-state index contributed by atoms with van der Waals surface area (Å²) in [4.78, 5) is 2.24. The monoisotopic (exact) mass is 228 g/mol. The minimum atomic E-state index is -4.97. The van der Waals surface area contributed by atoms with Gasteiger partial charge in [0.25, 0.3) is 5.82 Å². The minimum absolute atomic E-state index is 0. The summed E-state index contributed by atoms with van der Waals surface area (Å²) in [6, 6.07) is 0. The van der Waals surface area contributed by atoms with Crippen molar-refractivity contribution in [3.8, 4) is 0 Å². The second kappa shape index (κ2) is 4.07. The topological polar surface area (TPSA) is 41.6 Å². The first-order valence-corrected chi connectivity index (χ1v) is 2.78. The van der Waals surface area contributed by atoms with E-state index in [0.29, 0.717) is 0 Å². The second-order valence-corrected chi connectivity index (χ2v) is 2.00. The molecule has 1 rings (SSSR count). The number of rotatable bonds is 0. The van der Waals surface area contributed by atoms with E-state index >= 15 is 0 Å². The standard InChI is InChI=1S/C4HF6N3.Na/c5-3(6,7)1-11-2(13-12-1)4(8,9)10;/h(H,11,12,13);. The van der Waals surface area contributed by atoms with Crippen LogP contribution in [0.3, 0.4) is 0 Å². The predicted octanol–water partition coefficient (Wildman–Crippen LogP) is 1.46. The van der Waals surface area contributed by atoms with Crippen LogP contribution < -0.4 is 0 Å². The molecule has 1 heterocycles. The Hall–Kier alpha value is -0.280. The predicted molar refractivity (Wildman–Crippen MR) is 32.1 cm³/mol. The van der Waals surface area contributed by atoms with Crippen LogP contribution in [-0.4, -0.2) is 44.7 Å². The molecule has 1 radical (unpaired) electrons. The fourth-order valence-electron chi connectivity index (χ4n) is 0.515. The van der Waals surface area contributed by atoms with Gasteiger partial charge in [-0.2, -0.15) is 31.3 Å². The van der Waals surface area contributed by atoms with Crippen molar-refractivity contribution < 1.29 is 26.3 Å². The molecule has 3 nitrogen and oxygen atoms in total. The van der Waals surface area contributed by atoms with Gasteiger partial charge in [-0.15, -0.1) is 5.10 Å². The van der Waals surface area contributed by atoms with Gasteiger partial charge in [0.15, 0.2) is 0 Å². The number of hydrogen-bond donors (Lipinski definition) is 1. The molecule has 1 N–H and O–H groups in total. The van der Waals surface area contributed by atoms with Crippen LogP contribution in [0.5, 0.6) is 0 Å². The molecular formula is C4HF6N3Na. The Kier molecular flexibility index (Phi) is 3.99. The Morgan fingerprint density at radius 2 is 1.43 bits per heavy atom. The maximum absolute atomic E-state index is 11.7. The van der Waals surface area contributed by atoms with Gasteiger partial charge < -0.3 is 0 Å². The first kappa shape index (κ1) is 13.7. The van der Waals surface area contributed by atoms with Gasteiger partial charge in [-0.25, -0.2) is 0 Å². The van der Waals surface area contributed by atoms with Crippen molar-refractivity contribution in [3.05, 3.63) is 11.6 Å². The molecule has 10 heteroatoms. The minimum Gasteiger partial charge on any atom is -0.255 e. The van der Waals surface area contributed by atoms with E-state index in [1.54, 1.807) is 0 Å². The molecular weight excluding hydrogens is 227 g/mol. The normalized spacial score (nSPS) is 12.4. The van der Waals surface area contributed by atoms with E-state index in [1.807, 2.05) is 0 Å². The van der Waals surface area contributed by atoms with Crippen LogP contribution in [0, 0.1) is 0 Å². The maximum atomic E-state index is 11.7. The molecule has 0 saturated heterocycles. The van der Waals surface area contributed by atoms with E-state index in [0.717, 1.165) is 5.10 Å². The molecule has 0 bridgehead atoms. The number of nitrogens with one attached hydrogen (secondary N) is 1. The maximum Gasteiger partial charge on any atom is 0.453 e. The van der Waals surface area contributed by atoms with Crippen molar-refractivity contribution in [1.29, 1.82) is 0 Å². The van der Waals surface area contributed by atoms with Crippen molar-refractivity contribution in [3.63, 3.8) is 0 Å². The molecule has 0 saturated carbocycles. The van der Waals surface area contributed by atoms with Crippen molar-refractivity contribution in [1.82, 2.24) is 15.2 Å². The zero-order valence-corrected chi connectivity index (χ0v) is 8.66. The number of alkyl halides is 6. The molecule has 75 valence electrons. The first-order chi connectivity index (χ1) is 5.71. The van der Waals surface area contributed by atoms with Gasteiger partial charge in [-0.1, -0.05) is 0 Å². The molecule has 0 aliphatic heterocycles. The summed E-state index contributed by atoms with van der Waals surface area (Å²) >= 11 is 0. The summed E-state index contributed by atoms with van der Waals surface area (Å²) in [5, 5.41) is 3.52. The van der Waals surface area contributed by atoms with Gasteiger partial charge in [0.1, 0.15) is 0 Å². The molecule has 0 fully saturated rings. The van der Waals surface area contributed by atoms with Gasteiger partial charge in [-0.3, -0.25) is 5.10 Å². The molecule has 0 amide bonds. The summed E-state index contributed by atoms with van der Waals surface area (Å²) in [5.74, 6) is -3.60. The molecule has 1 aromatic rings. The van der Waals surface area contributed by atoms with Gasteiger partial charge in [-0.05, 0) is 0 Å². The average Bonchev–Trinajstić information content (AvgIpc) is 2.28. The van der Waals surface area contributed by atoms with E-state index in [-0.39, 0.29) is 29.6 Å². The molecule has 0 aliphatic rings. The van der Waals surface area contributed by atoms with Crippen molar-refractivity contribution in [2.45, 2.75) is 12.4 Å². The quantitative estimate of drug-likeness (QED) is 0.539. The summed E-state index contributed by atoms with van der Waals surface area (Å²) < 4.78 is 70.1. The van der Waals surface area contributed by atoms with Gasteiger partial charge in [0.2, 0.25) is 5.82 Å². The summed E-state index contributed by atoms with van der Waals surface area (Å²) in [6.07, 6.45) is -9.92. The summed E-state index contributed by atoms with van der Waals surface area (Å²) in [6.45, 7) is 0. The van der Waals surface area contributed by atoms with Crippen molar-refractivity contribution in [2.75, 3.05) is 0 Å². The Bertz CT molecular complexity index is 272. The Morgan fingerprint density at radius 3 is 1.64 bits per heavy atom. The van der Waals surface area contributed by atoms with Crippen LogP contribution >= 0.6 is 0 Å². The van der Waals surface area contributed by atoms with Gasteiger partial charge in [0.05, 0.1) is 0 Å². The summed E-state index contributed by atoms with van der Waals surface area (Å²) in [7, 11) is 0. The number of hydrogen-bond acceptors (Lipinski definition) is 2. The number of H-pyrrole nitrogens is 1. The third kappa shape index (κ3) is 3.14. The molecule has 0 spiro atoms. The second-order valence-electron chi connectivity index (χ2n) is 2.00. The van der Waals surface area contributed by atoms with Crippen LogP contribution in [-0.2, 0) is 12.4 Å². The molecule has 1 aromatic heterocycles. The fraction of sp³-hybridized carbons (Fsp3) is 0.500. The van der Waals surface area contributed by atoms with E-state index in [1.165, 1.54) is 0 Å². The van der Waals surface area contributed by atoms with Crippen LogP contribution in [0.15, 0.2) is 0 Å². The Labute approximate surface area is 95.2 Å². The molecule has 0 unspecified atom stereocenters. The van der Waals surface area contributed by atoms with E-state index < -0.39 is 24.0 Å². The van der Waals surface area contributed by atoms with Gasteiger partial charge >= 0.3 is 12.4 Å². The van der Waals surface area contributed by atoms with Gasteiger partial charge in [0, 0.05) is 29.6 Å². The largest absolute Gasteiger partial charge is 0.453 e. The fourth-order valence-corrected chi connectivity index (χ4v) is 0.515. The van der Waals surface area contributed by atoms with Crippen molar-refractivity contribution >= 4 is 29.6 Å². The number of aromatic nitrogens is 3.